The van der Waals surface area contributed by atoms with E-state index in [4.69, 9.17) is 4.74 Å². The van der Waals surface area contributed by atoms with Crippen LogP contribution in [0.1, 0.15) is 62.0 Å². The van der Waals surface area contributed by atoms with Gasteiger partial charge >= 0.3 is 5.97 Å². The minimum atomic E-state index is -0.350. The van der Waals surface area contributed by atoms with E-state index in [0.29, 0.717) is 5.56 Å². The van der Waals surface area contributed by atoms with Crippen molar-refractivity contribution >= 4 is 49.0 Å². The van der Waals surface area contributed by atoms with E-state index >= 15 is 0 Å². The van der Waals surface area contributed by atoms with E-state index < -0.39 is 0 Å². The highest BCUT2D eigenvalue weighted by Crippen LogP contribution is 2.51. The van der Waals surface area contributed by atoms with Gasteiger partial charge in [0.05, 0.1) is 12.7 Å². The van der Waals surface area contributed by atoms with Crippen molar-refractivity contribution in [3.63, 3.8) is 0 Å². The number of hydrogen-bond donors (Lipinski definition) is 0. The molecular formula is C40H35BrO2. The van der Waals surface area contributed by atoms with Gasteiger partial charge in [0.15, 0.2) is 0 Å². The Bertz CT molecular complexity index is 2040. The first kappa shape index (κ1) is 27.9. The molecule has 2 nitrogen and oxygen atoms in total. The number of halogens is 1. The first-order chi connectivity index (χ1) is 20.5. The third-order valence-electron chi connectivity index (χ3n) is 9.24. The third-order valence-corrected chi connectivity index (χ3v) is 9.70. The molecule has 0 aliphatic heterocycles. The molecule has 0 radical (unpaired) electrons. The van der Waals surface area contributed by atoms with Gasteiger partial charge in [-0.25, -0.2) is 4.79 Å². The Morgan fingerprint density at radius 2 is 1.53 bits per heavy atom. The quantitative estimate of drug-likeness (QED) is 0.186. The fourth-order valence-corrected chi connectivity index (χ4v) is 7.93. The Balaban J connectivity index is 1.43. The van der Waals surface area contributed by atoms with Crippen molar-refractivity contribution in [3.05, 3.63) is 124 Å². The summed E-state index contributed by atoms with van der Waals surface area (Å²) in [7, 11) is 1.42. The molecule has 5 aromatic rings. The number of carbonyl (C=O) groups excluding carboxylic acids is 1. The van der Waals surface area contributed by atoms with Crippen LogP contribution in [0.25, 0.3) is 49.4 Å². The van der Waals surface area contributed by atoms with Crippen LogP contribution in [0.15, 0.2) is 107 Å². The van der Waals surface area contributed by atoms with Gasteiger partial charge in [-0.1, -0.05) is 122 Å². The first-order valence-electron chi connectivity index (χ1n) is 14.9. The van der Waals surface area contributed by atoms with Crippen molar-refractivity contribution in [2.75, 3.05) is 7.11 Å². The van der Waals surface area contributed by atoms with Crippen molar-refractivity contribution in [1.29, 1.82) is 0 Å². The molecule has 0 heterocycles. The molecule has 0 spiro atoms. The molecule has 7 rings (SSSR count). The van der Waals surface area contributed by atoms with Crippen molar-refractivity contribution in [2.45, 2.75) is 46.0 Å². The predicted octanol–water partition coefficient (Wildman–Crippen LogP) is 11.3. The molecule has 43 heavy (non-hydrogen) atoms. The monoisotopic (exact) mass is 626 g/mol. The van der Waals surface area contributed by atoms with Crippen LogP contribution in [-0.4, -0.2) is 13.1 Å². The van der Waals surface area contributed by atoms with Crippen LogP contribution in [0, 0.1) is 5.41 Å². The molecule has 2 aliphatic rings. The zero-order chi connectivity index (χ0) is 30.1. The molecule has 0 saturated heterocycles. The molecule has 0 atom stereocenters. The molecule has 2 aliphatic carbocycles. The minimum absolute atomic E-state index is 0.0468. The number of carbonyl (C=O) groups is 1. The fraction of sp³-hybridized carbons (Fsp3) is 0.225. The van der Waals surface area contributed by atoms with Gasteiger partial charge in [-0.3, -0.25) is 0 Å². The summed E-state index contributed by atoms with van der Waals surface area (Å²) in [5.74, 6) is -0.350. The standard InChI is InChI=1S/C40H35BrO2/c1-39(2)17-16-31-29(22-39)23-40(3,4)37-34-14-11-25(18-26(34)12-15-35(31)37)33-13-10-24-8-6-7-9-32(24)36(33)27-19-28(38(42)43-5)21-30(41)20-27/h6-21H,22-23H2,1-5H3. The Hall–Kier alpha value is -3.95. The number of ether oxygens (including phenoxy) is 1. The van der Waals surface area contributed by atoms with E-state index in [2.05, 4.69) is 129 Å². The second-order valence-corrected chi connectivity index (χ2v) is 14.3. The van der Waals surface area contributed by atoms with Crippen molar-refractivity contribution < 1.29 is 9.53 Å². The summed E-state index contributed by atoms with van der Waals surface area (Å²) < 4.78 is 5.91. The number of benzene rings is 5. The lowest BCUT2D eigenvalue weighted by Crippen LogP contribution is -2.27. The maximum Gasteiger partial charge on any atom is 0.337 e. The zero-order valence-electron chi connectivity index (χ0n) is 25.3. The second kappa shape index (κ2) is 10.1. The summed E-state index contributed by atoms with van der Waals surface area (Å²) in [6.07, 6.45) is 6.96. The predicted molar refractivity (Wildman–Crippen MR) is 183 cm³/mol. The first-order valence-corrected chi connectivity index (χ1v) is 15.7. The van der Waals surface area contributed by atoms with Crippen LogP contribution in [0.5, 0.6) is 0 Å². The molecular weight excluding hydrogens is 592 g/mol. The molecule has 0 saturated carbocycles. The Morgan fingerprint density at radius 1 is 0.767 bits per heavy atom. The lowest BCUT2D eigenvalue weighted by molar-refractivity contribution is 0.0600. The van der Waals surface area contributed by atoms with Crippen molar-refractivity contribution in [1.82, 2.24) is 0 Å². The number of hydrogen-bond acceptors (Lipinski definition) is 2. The molecule has 0 amide bonds. The largest absolute Gasteiger partial charge is 0.465 e. The van der Waals surface area contributed by atoms with Crippen LogP contribution < -0.4 is 0 Å². The summed E-state index contributed by atoms with van der Waals surface area (Å²) in [5, 5.41) is 4.88. The summed E-state index contributed by atoms with van der Waals surface area (Å²) in [6.45, 7) is 9.48. The lowest BCUT2D eigenvalue weighted by Gasteiger charge is -2.40. The molecule has 0 fully saturated rings. The number of fused-ring (bicyclic) bond motifs is 5. The third kappa shape index (κ3) is 4.75. The van der Waals surface area contributed by atoms with Gasteiger partial charge in [0.25, 0.3) is 0 Å². The van der Waals surface area contributed by atoms with Gasteiger partial charge in [0.1, 0.15) is 0 Å². The SMILES string of the molecule is COC(=O)c1cc(Br)cc(-c2c(-c3ccc4c5c(ccc4c3)C3=C(CC(C)(C)C=C3)CC5(C)C)ccc3ccccc23)c1. The van der Waals surface area contributed by atoms with E-state index in [-0.39, 0.29) is 16.8 Å². The van der Waals surface area contributed by atoms with Crippen LogP contribution in [-0.2, 0) is 10.2 Å². The lowest BCUT2D eigenvalue weighted by atomic mass is 9.64. The van der Waals surface area contributed by atoms with Crippen LogP contribution >= 0.6 is 15.9 Å². The number of esters is 1. The van der Waals surface area contributed by atoms with Gasteiger partial charge in [-0.05, 0) is 108 Å². The molecule has 0 aromatic heterocycles. The average molecular weight is 628 g/mol. The van der Waals surface area contributed by atoms with Crippen LogP contribution in [0.3, 0.4) is 0 Å². The van der Waals surface area contributed by atoms with Crippen LogP contribution in [0.4, 0.5) is 0 Å². The van der Waals surface area contributed by atoms with E-state index in [1.165, 1.54) is 34.6 Å². The van der Waals surface area contributed by atoms with Gasteiger partial charge in [-0.2, -0.15) is 0 Å². The fourth-order valence-electron chi connectivity index (χ4n) is 7.43. The highest BCUT2D eigenvalue weighted by Gasteiger charge is 2.36. The smallest absolute Gasteiger partial charge is 0.337 e. The normalized spacial score (nSPS) is 16.7. The topological polar surface area (TPSA) is 26.3 Å². The van der Waals surface area contributed by atoms with Gasteiger partial charge < -0.3 is 4.74 Å². The van der Waals surface area contributed by atoms with Crippen molar-refractivity contribution in [2.24, 2.45) is 5.41 Å². The van der Waals surface area contributed by atoms with E-state index in [0.717, 1.165) is 50.3 Å². The second-order valence-electron chi connectivity index (χ2n) is 13.4. The number of allylic oxidation sites excluding steroid dienone is 4. The van der Waals surface area contributed by atoms with Gasteiger partial charge in [0, 0.05) is 4.47 Å². The maximum absolute atomic E-state index is 12.6. The van der Waals surface area contributed by atoms with E-state index in [1.54, 1.807) is 5.57 Å². The molecule has 5 aromatic carbocycles. The maximum atomic E-state index is 12.6. The van der Waals surface area contributed by atoms with Gasteiger partial charge in [-0.15, -0.1) is 0 Å². The highest BCUT2D eigenvalue weighted by molar-refractivity contribution is 9.10. The summed E-state index contributed by atoms with van der Waals surface area (Å²) in [6, 6.07) is 30.3. The number of rotatable bonds is 3. The van der Waals surface area contributed by atoms with Gasteiger partial charge in [0.2, 0.25) is 0 Å². The molecule has 0 bridgehead atoms. The molecule has 0 N–H and O–H groups in total. The molecule has 214 valence electrons. The Labute approximate surface area is 262 Å². The molecule has 3 heteroatoms. The summed E-state index contributed by atoms with van der Waals surface area (Å²) in [5.41, 5.74) is 11.0. The summed E-state index contributed by atoms with van der Waals surface area (Å²) >= 11 is 3.64. The average Bonchev–Trinajstić information content (AvgIpc) is 2.98. The van der Waals surface area contributed by atoms with Crippen LogP contribution in [0.2, 0.25) is 0 Å². The summed E-state index contributed by atoms with van der Waals surface area (Å²) in [4.78, 5) is 12.6. The van der Waals surface area contributed by atoms with E-state index in [1.807, 2.05) is 12.1 Å². The Morgan fingerprint density at radius 3 is 2.35 bits per heavy atom. The minimum Gasteiger partial charge on any atom is -0.465 e. The molecule has 0 unspecified atom stereocenters. The zero-order valence-corrected chi connectivity index (χ0v) is 26.9. The van der Waals surface area contributed by atoms with Crippen molar-refractivity contribution in [3.8, 4) is 22.3 Å². The highest BCUT2D eigenvalue weighted by atomic mass is 79.9. The van der Waals surface area contributed by atoms with E-state index in [9.17, 15) is 4.79 Å². The Kier molecular flexibility index (Phi) is 6.52. The number of methoxy groups -OCH3 is 1.